The lowest BCUT2D eigenvalue weighted by molar-refractivity contribution is -0.131. The van der Waals surface area contributed by atoms with E-state index < -0.39 is 17.8 Å². The second-order valence-electron chi connectivity index (χ2n) is 4.09. The maximum absolute atomic E-state index is 11.7. The molecule has 0 bridgehead atoms. The molecule has 8 nitrogen and oxygen atoms in total. The van der Waals surface area contributed by atoms with Crippen LogP contribution in [0.25, 0.3) is 0 Å². The molecule has 1 aromatic rings. The normalized spacial score (nSPS) is 10.0. The highest BCUT2D eigenvalue weighted by atomic mass is 16.4. The van der Waals surface area contributed by atoms with Crippen LogP contribution in [0.15, 0.2) is 36.4 Å². The van der Waals surface area contributed by atoms with Gasteiger partial charge in [0.2, 0.25) is 5.91 Å². The molecule has 0 atom stereocenters. The quantitative estimate of drug-likeness (QED) is 0.464. The number of anilines is 1. The fourth-order valence-corrected chi connectivity index (χ4v) is 1.33. The molecule has 0 saturated heterocycles. The molecule has 0 fully saturated rings. The molecular formula is C14H15N3O5. The molecule has 1 rings (SSSR count). The number of rotatable bonds is 5. The maximum atomic E-state index is 11.7. The minimum absolute atomic E-state index is 0.144. The number of benzene rings is 1. The zero-order chi connectivity index (χ0) is 16.5. The van der Waals surface area contributed by atoms with Crippen molar-refractivity contribution in [2.24, 2.45) is 0 Å². The van der Waals surface area contributed by atoms with Gasteiger partial charge in [-0.2, -0.15) is 0 Å². The fraction of sp³-hybridized carbons (Fsp3) is 0.143. The summed E-state index contributed by atoms with van der Waals surface area (Å²) in [4.78, 5) is 44.3. The number of amides is 3. The summed E-state index contributed by atoms with van der Waals surface area (Å²) in [5, 5.41) is 11.0. The van der Waals surface area contributed by atoms with Gasteiger partial charge in [-0.15, -0.1) is 0 Å². The number of carboxylic acids is 1. The van der Waals surface area contributed by atoms with Gasteiger partial charge < -0.3 is 10.4 Å². The lowest BCUT2D eigenvalue weighted by atomic mass is 10.2. The van der Waals surface area contributed by atoms with Crippen LogP contribution in [0.3, 0.4) is 0 Å². The molecule has 0 radical (unpaired) electrons. The van der Waals surface area contributed by atoms with Gasteiger partial charge in [0.15, 0.2) is 0 Å². The van der Waals surface area contributed by atoms with E-state index in [9.17, 15) is 19.2 Å². The first-order valence-corrected chi connectivity index (χ1v) is 6.33. The van der Waals surface area contributed by atoms with Crippen molar-refractivity contribution in [1.29, 1.82) is 0 Å². The van der Waals surface area contributed by atoms with E-state index >= 15 is 0 Å². The molecule has 0 unspecified atom stereocenters. The molecule has 0 aliphatic heterocycles. The lowest BCUT2D eigenvalue weighted by Crippen LogP contribution is -2.40. The zero-order valence-corrected chi connectivity index (χ0v) is 11.8. The molecule has 0 aliphatic rings. The van der Waals surface area contributed by atoms with Crippen LogP contribution in [-0.2, 0) is 14.4 Å². The summed E-state index contributed by atoms with van der Waals surface area (Å²) in [7, 11) is 0. The Kier molecular flexibility index (Phi) is 6.30. The average Bonchev–Trinajstić information content (AvgIpc) is 2.51. The second kappa shape index (κ2) is 8.20. The Morgan fingerprint density at radius 2 is 1.68 bits per heavy atom. The summed E-state index contributed by atoms with van der Waals surface area (Å²) in [5.74, 6) is -2.77. The topological polar surface area (TPSA) is 125 Å². The smallest absolute Gasteiger partial charge is 0.328 e. The third kappa shape index (κ3) is 5.87. The van der Waals surface area contributed by atoms with Gasteiger partial charge in [0, 0.05) is 29.8 Å². The maximum Gasteiger partial charge on any atom is 0.328 e. The Labute approximate surface area is 126 Å². The first-order chi connectivity index (χ1) is 10.4. The van der Waals surface area contributed by atoms with Gasteiger partial charge in [0.1, 0.15) is 0 Å². The van der Waals surface area contributed by atoms with Crippen molar-refractivity contribution in [3.63, 3.8) is 0 Å². The van der Waals surface area contributed by atoms with Crippen LogP contribution >= 0.6 is 0 Å². The molecule has 8 heteroatoms. The van der Waals surface area contributed by atoms with Crippen LogP contribution < -0.4 is 16.2 Å². The highest BCUT2D eigenvalue weighted by Gasteiger charge is 2.07. The van der Waals surface area contributed by atoms with Gasteiger partial charge in [-0.05, 0) is 24.3 Å². The van der Waals surface area contributed by atoms with Crippen LogP contribution in [-0.4, -0.2) is 28.8 Å². The minimum atomic E-state index is -1.27. The van der Waals surface area contributed by atoms with Crippen LogP contribution in [0, 0.1) is 0 Å². The van der Waals surface area contributed by atoms with Crippen LogP contribution in [0.1, 0.15) is 23.7 Å². The number of hydrazine groups is 1. The summed E-state index contributed by atoms with van der Waals surface area (Å²) in [5.41, 5.74) is 4.97. The number of carbonyl (C=O) groups is 4. The van der Waals surface area contributed by atoms with E-state index in [2.05, 4.69) is 10.7 Å². The van der Waals surface area contributed by atoms with E-state index in [1.54, 1.807) is 19.1 Å². The average molecular weight is 305 g/mol. The molecule has 116 valence electrons. The van der Waals surface area contributed by atoms with Crippen molar-refractivity contribution < 1.29 is 24.3 Å². The minimum Gasteiger partial charge on any atom is -0.478 e. The van der Waals surface area contributed by atoms with E-state index in [0.717, 1.165) is 6.08 Å². The largest absolute Gasteiger partial charge is 0.478 e. The summed E-state index contributed by atoms with van der Waals surface area (Å²) in [6, 6.07) is 6.04. The number of hydrogen-bond acceptors (Lipinski definition) is 4. The van der Waals surface area contributed by atoms with Gasteiger partial charge in [-0.3, -0.25) is 25.2 Å². The third-order valence-electron chi connectivity index (χ3n) is 2.43. The van der Waals surface area contributed by atoms with E-state index in [-0.39, 0.29) is 11.5 Å². The number of aliphatic carboxylic acids is 1. The van der Waals surface area contributed by atoms with Crippen molar-refractivity contribution in [3.05, 3.63) is 42.0 Å². The van der Waals surface area contributed by atoms with Crippen LogP contribution in [0.2, 0.25) is 0 Å². The number of nitrogens with one attached hydrogen (secondary N) is 3. The molecule has 22 heavy (non-hydrogen) atoms. The summed E-state index contributed by atoms with van der Waals surface area (Å²) in [6.07, 6.45) is 1.76. The lowest BCUT2D eigenvalue weighted by Gasteiger charge is -2.07. The SMILES string of the molecule is CCC(=O)Nc1ccc(C(=O)NNC(=O)C=CC(=O)O)cc1. The van der Waals surface area contributed by atoms with Gasteiger partial charge in [-0.1, -0.05) is 6.92 Å². The van der Waals surface area contributed by atoms with Crippen molar-refractivity contribution in [1.82, 2.24) is 10.9 Å². The van der Waals surface area contributed by atoms with Gasteiger partial charge in [0.05, 0.1) is 0 Å². The monoisotopic (exact) mass is 305 g/mol. The molecule has 4 N–H and O–H groups in total. The van der Waals surface area contributed by atoms with E-state index in [4.69, 9.17) is 5.11 Å². The molecule has 1 aromatic carbocycles. The Hall–Kier alpha value is -3.16. The van der Waals surface area contributed by atoms with Gasteiger partial charge in [-0.25, -0.2) is 4.79 Å². The van der Waals surface area contributed by atoms with Crippen LogP contribution in [0.5, 0.6) is 0 Å². The van der Waals surface area contributed by atoms with Crippen molar-refractivity contribution >= 4 is 29.4 Å². The second-order valence-corrected chi connectivity index (χ2v) is 4.09. The van der Waals surface area contributed by atoms with Gasteiger partial charge >= 0.3 is 5.97 Å². The van der Waals surface area contributed by atoms with Crippen LogP contribution in [0.4, 0.5) is 5.69 Å². The van der Waals surface area contributed by atoms with Crippen molar-refractivity contribution in [3.8, 4) is 0 Å². The molecule has 0 saturated carbocycles. The summed E-state index contributed by atoms with van der Waals surface area (Å²) < 4.78 is 0. The Balaban J connectivity index is 2.54. The molecule has 0 aliphatic carbocycles. The van der Waals surface area contributed by atoms with Crippen molar-refractivity contribution in [2.75, 3.05) is 5.32 Å². The number of carboxylic acid groups (broad SMARTS) is 1. The molecule has 0 heterocycles. The summed E-state index contributed by atoms with van der Waals surface area (Å²) >= 11 is 0. The standard InChI is InChI=1S/C14H15N3O5/c1-2-11(18)15-10-5-3-9(4-6-10)14(22)17-16-12(19)7-8-13(20)21/h3-8H,2H2,1H3,(H,15,18)(H,16,19)(H,17,22)(H,20,21). The molecule has 0 aromatic heterocycles. The first kappa shape index (κ1) is 16.9. The van der Waals surface area contributed by atoms with E-state index in [1.807, 2.05) is 5.43 Å². The summed E-state index contributed by atoms with van der Waals surface area (Å²) in [6.45, 7) is 1.72. The molecule has 0 spiro atoms. The highest BCUT2D eigenvalue weighted by molar-refractivity contribution is 5.99. The zero-order valence-electron chi connectivity index (χ0n) is 11.8. The fourth-order valence-electron chi connectivity index (χ4n) is 1.33. The first-order valence-electron chi connectivity index (χ1n) is 6.33. The highest BCUT2D eigenvalue weighted by Crippen LogP contribution is 2.09. The Morgan fingerprint density at radius 3 is 2.23 bits per heavy atom. The molecular weight excluding hydrogens is 290 g/mol. The van der Waals surface area contributed by atoms with Gasteiger partial charge in [0.25, 0.3) is 11.8 Å². The Bertz CT molecular complexity index is 607. The Morgan fingerprint density at radius 1 is 1.05 bits per heavy atom. The number of hydrogen-bond donors (Lipinski definition) is 4. The number of carbonyl (C=O) groups excluding carboxylic acids is 3. The van der Waals surface area contributed by atoms with Crippen molar-refractivity contribution in [2.45, 2.75) is 13.3 Å². The molecule has 3 amide bonds. The predicted molar refractivity (Wildman–Crippen MR) is 77.7 cm³/mol. The third-order valence-corrected chi connectivity index (χ3v) is 2.43. The predicted octanol–water partition coefficient (Wildman–Crippen LogP) is 0.437. The van der Waals surface area contributed by atoms with E-state index in [1.165, 1.54) is 12.1 Å². The van der Waals surface area contributed by atoms with E-state index in [0.29, 0.717) is 18.2 Å².